The second-order valence-corrected chi connectivity index (χ2v) is 1.91. The van der Waals surface area contributed by atoms with Crippen molar-refractivity contribution in [3.63, 3.8) is 0 Å². The van der Waals surface area contributed by atoms with Crippen LogP contribution in [0, 0.1) is 0 Å². The molecule has 0 atom stereocenters. The molecular formula is C6H4FN3. The summed E-state index contributed by atoms with van der Waals surface area (Å²) in [5.41, 5.74) is 0.979. The van der Waals surface area contributed by atoms with Gasteiger partial charge < -0.3 is 0 Å². The van der Waals surface area contributed by atoms with Crippen LogP contribution in [0.1, 0.15) is 0 Å². The number of pyridine rings is 1. The van der Waals surface area contributed by atoms with Gasteiger partial charge in [0.2, 0.25) is 0 Å². The fourth-order valence-corrected chi connectivity index (χ4v) is 0.832. The lowest BCUT2D eigenvalue weighted by molar-refractivity contribution is 0.332. The smallest absolute Gasteiger partial charge is 0.123 e. The van der Waals surface area contributed by atoms with E-state index in [0.717, 1.165) is 0 Å². The summed E-state index contributed by atoms with van der Waals surface area (Å²) in [5.74, 6) is 0. The molecule has 2 rings (SSSR count). The van der Waals surface area contributed by atoms with Crippen LogP contribution in [0.5, 0.6) is 0 Å². The van der Waals surface area contributed by atoms with E-state index in [1.165, 1.54) is 6.20 Å². The molecule has 0 spiro atoms. The number of halogens is 1. The lowest BCUT2D eigenvalue weighted by Crippen LogP contribution is -1.81. The molecule has 0 aromatic carbocycles. The summed E-state index contributed by atoms with van der Waals surface area (Å²) in [7, 11) is 0. The average molecular weight is 137 g/mol. The maximum atomic E-state index is 12.5. The second kappa shape index (κ2) is 1.76. The van der Waals surface area contributed by atoms with Crippen LogP contribution in [-0.4, -0.2) is 15.0 Å². The van der Waals surface area contributed by atoms with Crippen molar-refractivity contribution in [3.8, 4) is 0 Å². The molecule has 0 aliphatic carbocycles. The molecular weight excluding hydrogens is 133 g/mol. The van der Waals surface area contributed by atoms with Crippen LogP contribution >= 0.6 is 0 Å². The fraction of sp³-hybridized carbons (Fsp3) is 0. The van der Waals surface area contributed by atoms with Crippen molar-refractivity contribution in [2.24, 2.45) is 0 Å². The van der Waals surface area contributed by atoms with E-state index >= 15 is 0 Å². The zero-order chi connectivity index (χ0) is 6.97. The monoisotopic (exact) mass is 137 g/mol. The second-order valence-electron chi connectivity index (χ2n) is 1.91. The molecule has 2 heterocycles. The number of hydrogen-bond donors (Lipinski definition) is 0. The van der Waals surface area contributed by atoms with Crippen molar-refractivity contribution < 1.29 is 4.48 Å². The number of aromatic nitrogens is 3. The molecule has 4 heteroatoms. The predicted octanol–water partition coefficient (Wildman–Crippen LogP) is 1.16. The number of rotatable bonds is 0. The van der Waals surface area contributed by atoms with Crippen molar-refractivity contribution in [3.05, 3.63) is 24.5 Å². The summed E-state index contributed by atoms with van der Waals surface area (Å²) in [6, 6.07) is 3.29. The molecule has 0 aliphatic heterocycles. The zero-order valence-electron chi connectivity index (χ0n) is 5.03. The van der Waals surface area contributed by atoms with Gasteiger partial charge >= 0.3 is 0 Å². The maximum Gasteiger partial charge on any atom is 0.123 e. The van der Waals surface area contributed by atoms with Crippen LogP contribution < -0.4 is 0 Å². The van der Waals surface area contributed by atoms with Crippen molar-refractivity contribution in [2.75, 3.05) is 0 Å². The Balaban J connectivity index is 2.93. The Kier molecular flexibility index (Phi) is 0.943. The summed E-state index contributed by atoms with van der Waals surface area (Å²) in [5, 5.41) is 3.38. The van der Waals surface area contributed by atoms with Gasteiger partial charge in [0.25, 0.3) is 0 Å². The Morgan fingerprint density at radius 1 is 1.50 bits per heavy atom. The molecule has 0 saturated carbocycles. The van der Waals surface area contributed by atoms with Crippen LogP contribution in [0.2, 0.25) is 0 Å². The molecule has 0 radical (unpaired) electrons. The lowest BCUT2D eigenvalue weighted by atomic mass is 10.4. The summed E-state index contributed by atoms with van der Waals surface area (Å²) < 4.78 is 12.5. The summed E-state index contributed by atoms with van der Waals surface area (Å²) >= 11 is 0. The van der Waals surface area contributed by atoms with Gasteiger partial charge in [-0.15, -0.1) is 5.10 Å². The SMILES string of the molecule is Fn1ncc2ncccc21. The van der Waals surface area contributed by atoms with Crippen LogP contribution in [0.3, 0.4) is 0 Å². The van der Waals surface area contributed by atoms with Crippen molar-refractivity contribution in [1.82, 2.24) is 15.0 Å². The predicted molar refractivity (Wildman–Crippen MR) is 34.0 cm³/mol. The largest absolute Gasteiger partial charge is 0.253 e. The van der Waals surface area contributed by atoms with E-state index in [9.17, 15) is 4.48 Å². The molecule has 0 N–H and O–H groups in total. The Bertz CT molecular complexity index is 355. The van der Waals surface area contributed by atoms with Gasteiger partial charge in [0, 0.05) is 6.20 Å². The minimum Gasteiger partial charge on any atom is -0.253 e. The molecule has 0 saturated heterocycles. The Hall–Kier alpha value is -1.45. The number of fused-ring (bicyclic) bond motifs is 1. The minimum atomic E-state index is 0.308. The highest BCUT2D eigenvalue weighted by Gasteiger charge is 1.98. The molecule has 0 bridgehead atoms. The van der Waals surface area contributed by atoms with Gasteiger partial charge in [0.1, 0.15) is 11.0 Å². The van der Waals surface area contributed by atoms with Crippen LogP contribution in [0.25, 0.3) is 11.0 Å². The first-order valence-corrected chi connectivity index (χ1v) is 2.83. The number of hydrogen-bond acceptors (Lipinski definition) is 2. The third kappa shape index (κ3) is 0.586. The van der Waals surface area contributed by atoms with Crippen molar-refractivity contribution in [2.45, 2.75) is 0 Å². The van der Waals surface area contributed by atoms with E-state index in [1.807, 2.05) is 0 Å². The van der Waals surface area contributed by atoms with Gasteiger partial charge in [-0.05, 0) is 12.1 Å². The van der Waals surface area contributed by atoms with E-state index in [4.69, 9.17) is 0 Å². The van der Waals surface area contributed by atoms with Gasteiger partial charge in [-0.3, -0.25) is 4.98 Å². The highest BCUT2D eigenvalue weighted by Crippen LogP contribution is 2.08. The quantitative estimate of drug-likeness (QED) is 0.545. The molecule has 3 nitrogen and oxygen atoms in total. The van der Waals surface area contributed by atoms with Gasteiger partial charge in [0.05, 0.1) is 6.20 Å². The average Bonchev–Trinajstić information content (AvgIpc) is 2.34. The van der Waals surface area contributed by atoms with E-state index in [0.29, 0.717) is 15.9 Å². The standard InChI is InChI=1S/C6H4FN3/c7-10-6-2-1-3-8-5(6)4-9-10/h1-4H. The normalized spacial score (nSPS) is 10.5. The van der Waals surface area contributed by atoms with E-state index < -0.39 is 0 Å². The van der Waals surface area contributed by atoms with Crippen molar-refractivity contribution >= 4 is 11.0 Å². The Morgan fingerprint density at radius 3 is 3.20 bits per heavy atom. The highest BCUT2D eigenvalue weighted by atomic mass is 19.2. The van der Waals surface area contributed by atoms with Gasteiger partial charge in [0.15, 0.2) is 0 Å². The molecule has 2 aromatic heterocycles. The lowest BCUT2D eigenvalue weighted by Gasteiger charge is -1.84. The molecule has 0 fully saturated rings. The molecule has 2 aromatic rings. The summed E-state index contributed by atoms with van der Waals surface area (Å²) in [4.78, 5) is 4.19. The first-order chi connectivity index (χ1) is 4.88. The van der Waals surface area contributed by atoms with Crippen LogP contribution in [-0.2, 0) is 0 Å². The summed E-state index contributed by atoms with van der Waals surface area (Å²) in [6.07, 6.45) is 2.99. The Morgan fingerprint density at radius 2 is 2.40 bits per heavy atom. The van der Waals surface area contributed by atoms with E-state index in [1.54, 1.807) is 18.3 Å². The zero-order valence-corrected chi connectivity index (χ0v) is 5.03. The highest BCUT2D eigenvalue weighted by molar-refractivity contribution is 5.72. The van der Waals surface area contributed by atoms with Crippen LogP contribution in [0.15, 0.2) is 24.5 Å². The molecule has 50 valence electrons. The topological polar surface area (TPSA) is 30.7 Å². The first kappa shape index (κ1) is 5.34. The third-order valence-corrected chi connectivity index (χ3v) is 1.30. The van der Waals surface area contributed by atoms with Gasteiger partial charge in [-0.2, -0.15) is 0 Å². The Labute approximate surface area is 56.0 Å². The third-order valence-electron chi connectivity index (χ3n) is 1.30. The van der Waals surface area contributed by atoms with Gasteiger partial charge in [-0.25, -0.2) is 0 Å². The van der Waals surface area contributed by atoms with Crippen LogP contribution in [0.4, 0.5) is 4.48 Å². The molecule has 0 aliphatic rings. The van der Waals surface area contributed by atoms with E-state index in [2.05, 4.69) is 10.1 Å². The molecule has 10 heavy (non-hydrogen) atoms. The molecule has 0 amide bonds. The maximum absolute atomic E-state index is 12.5. The number of nitrogens with zero attached hydrogens (tertiary/aromatic N) is 3. The molecule has 0 unspecified atom stereocenters. The van der Waals surface area contributed by atoms with Gasteiger partial charge in [-0.1, -0.05) is 9.39 Å². The summed E-state index contributed by atoms with van der Waals surface area (Å²) in [6.45, 7) is 0. The minimum absolute atomic E-state index is 0.308. The first-order valence-electron chi connectivity index (χ1n) is 2.83. The fourth-order valence-electron chi connectivity index (χ4n) is 0.832. The van der Waals surface area contributed by atoms with Crippen molar-refractivity contribution in [1.29, 1.82) is 0 Å². The van der Waals surface area contributed by atoms with E-state index in [-0.39, 0.29) is 0 Å².